The molecule has 0 N–H and O–H groups in total. The van der Waals surface area contributed by atoms with E-state index in [1.54, 1.807) is 51.4 Å². The third-order valence-corrected chi connectivity index (χ3v) is 25.7. The van der Waals surface area contributed by atoms with Gasteiger partial charge in [-0.05, 0) is 67.6 Å². The summed E-state index contributed by atoms with van der Waals surface area (Å²) in [6.45, 7) is 19.2. The zero-order valence-corrected chi connectivity index (χ0v) is 71.0. The molecule has 0 radical (unpaired) electrons. The summed E-state index contributed by atoms with van der Waals surface area (Å²) in [6.07, 6.45) is 130. The molecule has 0 fully saturated rings. The van der Waals surface area contributed by atoms with Gasteiger partial charge in [-0.15, -0.1) is 0 Å². The molecule has 0 amide bonds. The smallest absolute Gasteiger partial charge is 0.0184 e. The number of hydrogen-bond donors (Lipinski definition) is 0. The normalized spacial score (nSPS) is 13.8. The number of hydrogen-bond acceptors (Lipinski definition) is 0. The summed E-state index contributed by atoms with van der Waals surface area (Å²) < 4.78 is 0. The van der Waals surface area contributed by atoms with E-state index < -0.39 is 0 Å². The average Bonchev–Trinajstić information content (AvgIpc) is 0.728. The molecule has 0 aromatic carbocycles. The summed E-state index contributed by atoms with van der Waals surface area (Å²) in [4.78, 5) is 0. The third-order valence-electron chi connectivity index (χ3n) is 25.7. The van der Waals surface area contributed by atoms with Gasteiger partial charge in [0.2, 0.25) is 0 Å². The minimum absolute atomic E-state index is 0.458. The van der Waals surface area contributed by atoms with E-state index in [2.05, 4.69) is 55.4 Å². The molecule has 98 heavy (non-hydrogen) atoms. The summed E-state index contributed by atoms with van der Waals surface area (Å²) in [5.41, 5.74) is 1.41. The highest BCUT2D eigenvalue weighted by Crippen LogP contribution is 2.69. The molecule has 0 aromatic rings. The van der Waals surface area contributed by atoms with Crippen molar-refractivity contribution in [3.63, 3.8) is 0 Å². The zero-order valence-electron chi connectivity index (χ0n) is 71.0. The molecule has 0 aliphatic heterocycles. The average molecular weight is 1380 g/mol. The lowest BCUT2D eigenvalue weighted by atomic mass is 9.41. The molecular formula is C98H198. The second-order valence-electron chi connectivity index (χ2n) is 34.7. The molecule has 0 aliphatic rings. The fraction of sp³-hybridized carbons (Fsp3) is 1.00. The molecule has 0 heteroatoms. The van der Waals surface area contributed by atoms with Gasteiger partial charge in [0.05, 0.1) is 0 Å². The van der Waals surface area contributed by atoms with Crippen LogP contribution in [0.25, 0.3) is 0 Å². The Morgan fingerprint density at radius 1 is 0.0918 bits per heavy atom. The van der Waals surface area contributed by atoms with Crippen molar-refractivity contribution in [3.05, 3.63) is 0 Å². The zero-order chi connectivity index (χ0) is 71.0. The minimum atomic E-state index is 0.458. The van der Waals surface area contributed by atoms with Crippen LogP contribution in [0.2, 0.25) is 0 Å². The standard InChI is InChI=1S/C98H198/c1-9-17-25-33-41-47-51-54-56-59-64-69-77-85-93-97(91-82-74-66-61-50-44-36-28-20-12-4,92-84-75-67-62-57-53-49-43-35-27-19-11-3)98(94-86-78-70-46-38-30-22-14-6,95-87-79-71-60-45-37-29-21-13-5)96(88-80-72-40-32-24-16-8,89-81-73-65-39-31-23-15-7)90-83-76-68-63-58-55-52-48-42-34-26-18-10-2/h9-95H2,1-8H3. The first-order chi connectivity index (χ1) is 48.5. The molecule has 3 unspecified atom stereocenters. The predicted molar refractivity (Wildman–Crippen MR) is 454 cm³/mol. The van der Waals surface area contributed by atoms with Crippen LogP contribution in [0.3, 0.4) is 0 Å². The van der Waals surface area contributed by atoms with Gasteiger partial charge in [-0.2, -0.15) is 0 Å². The van der Waals surface area contributed by atoms with Crippen LogP contribution in [-0.4, -0.2) is 0 Å². The number of unbranched alkanes of at least 4 members (excludes halogenated alkanes) is 71. The van der Waals surface area contributed by atoms with Gasteiger partial charge < -0.3 is 0 Å². The van der Waals surface area contributed by atoms with Gasteiger partial charge in [-0.1, -0.05) is 563 Å². The fourth-order valence-corrected chi connectivity index (χ4v) is 19.3. The molecule has 0 heterocycles. The van der Waals surface area contributed by atoms with Gasteiger partial charge in [0, 0.05) is 0 Å². The van der Waals surface area contributed by atoms with E-state index in [9.17, 15) is 0 Å². The van der Waals surface area contributed by atoms with Crippen LogP contribution in [0.4, 0.5) is 0 Å². The Balaban J connectivity index is 8.29. The van der Waals surface area contributed by atoms with Crippen molar-refractivity contribution < 1.29 is 0 Å². The van der Waals surface area contributed by atoms with E-state index in [-0.39, 0.29) is 0 Å². The monoisotopic (exact) mass is 1380 g/mol. The van der Waals surface area contributed by atoms with Crippen LogP contribution < -0.4 is 0 Å². The summed E-state index contributed by atoms with van der Waals surface area (Å²) >= 11 is 0. The Bertz CT molecular complexity index is 1410. The maximum atomic E-state index is 2.46. The minimum Gasteiger partial charge on any atom is -0.0654 e. The van der Waals surface area contributed by atoms with E-state index >= 15 is 0 Å². The van der Waals surface area contributed by atoms with E-state index in [4.69, 9.17) is 0 Å². The van der Waals surface area contributed by atoms with Crippen LogP contribution >= 0.6 is 0 Å². The molecule has 0 saturated heterocycles. The summed E-state index contributed by atoms with van der Waals surface area (Å²) in [5, 5.41) is 0. The van der Waals surface area contributed by atoms with E-state index in [1.807, 2.05) is 0 Å². The highest BCUT2D eigenvalue weighted by Gasteiger charge is 2.59. The first kappa shape index (κ1) is 98.0. The van der Waals surface area contributed by atoms with Crippen molar-refractivity contribution in [1.29, 1.82) is 0 Å². The molecule has 0 rings (SSSR count). The Morgan fingerprint density at radius 3 is 0.276 bits per heavy atom. The molecule has 0 nitrogen and oxygen atoms in total. The van der Waals surface area contributed by atoms with Crippen molar-refractivity contribution in [2.45, 2.75) is 614 Å². The van der Waals surface area contributed by atoms with Gasteiger partial charge in [0.25, 0.3) is 0 Å². The molecule has 3 atom stereocenters. The van der Waals surface area contributed by atoms with Crippen LogP contribution in [0, 0.1) is 16.2 Å². The fourth-order valence-electron chi connectivity index (χ4n) is 19.3. The Kier molecular flexibility index (Phi) is 81.1. The molecule has 0 spiro atoms. The highest BCUT2D eigenvalue weighted by molar-refractivity contribution is 5.09. The molecular weight excluding hydrogens is 1180 g/mol. The second-order valence-corrected chi connectivity index (χ2v) is 34.7. The predicted octanol–water partition coefficient (Wildman–Crippen LogP) is 38.0. The van der Waals surface area contributed by atoms with Crippen molar-refractivity contribution in [3.8, 4) is 0 Å². The van der Waals surface area contributed by atoms with Crippen LogP contribution in [-0.2, 0) is 0 Å². The third kappa shape index (κ3) is 59.2. The first-order valence-electron chi connectivity index (χ1n) is 48.5. The molecule has 590 valence electrons. The van der Waals surface area contributed by atoms with Gasteiger partial charge in [-0.25, -0.2) is 0 Å². The van der Waals surface area contributed by atoms with Gasteiger partial charge in [0.15, 0.2) is 0 Å². The van der Waals surface area contributed by atoms with Gasteiger partial charge in [0.1, 0.15) is 0 Å². The van der Waals surface area contributed by atoms with Gasteiger partial charge in [-0.3, -0.25) is 0 Å². The Hall–Kier alpha value is 0. The van der Waals surface area contributed by atoms with Crippen molar-refractivity contribution in [2.24, 2.45) is 16.2 Å². The van der Waals surface area contributed by atoms with E-state index in [0.717, 1.165) is 0 Å². The lowest BCUT2D eigenvalue weighted by molar-refractivity contribution is -0.140. The molecule has 0 bridgehead atoms. The lowest BCUT2D eigenvalue weighted by Gasteiger charge is -2.64. The number of rotatable bonds is 89. The summed E-state index contributed by atoms with van der Waals surface area (Å²) in [7, 11) is 0. The molecule has 0 aliphatic carbocycles. The first-order valence-corrected chi connectivity index (χ1v) is 48.5. The second kappa shape index (κ2) is 81.1. The molecule has 0 saturated carbocycles. The maximum Gasteiger partial charge on any atom is -0.0184 e. The van der Waals surface area contributed by atoms with Crippen molar-refractivity contribution in [2.75, 3.05) is 0 Å². The van der Waals surface area contributed by atoms with Crippen LogP contribution in [0.5, 0.6) is 0 Å². The van der Waals surface area contributed by atoms with Crippen molar-refractivity contribution in [1.82, 2.24) is 0 Å². The molecule has 0 aromatic heterocycles. The quantitative estimate of drug-likeness (QED) is 0.0533. The Morgan fingerprint density at radius 2 is 0.173 bits per heavy atom. The summed E-state index contributed by atoms with van der Waals surface area (Å²) in [6, 6.07) is 0. The largest absolute Gasteiger partial charge is 0.0654 e. The van der Waals surface area contributed by atoms with Gasteiger partial charge >= 0.3 is 0 Å². The maximum absolute atomic E-state index is 2.46. The summed E-state index contributed by atoms with van der Waals surface area (Å²) in [5.74, 6) is 0. The highest BCUT2D eigenvalue weighted by atomic mass is 14.6. The van der Waals surface area contributed by atoms with E-state index in [1.165, 1.54) is 507 Å². The Labute approximate surface area is 626 Å². The van der Waals surface area contributed by atoms with Crippen molar-refractivity contribution >= 4 is 0 Å². The van der Waals surface area contributed by atoms with Crippen LogP contribution in [0.1, 0.15) is 614 Å². The van der Waals surface area contributed by atoms with E-state index in [0.29, 0.717) is 16.2 Å². The lowest BCUT2D eigenvalue weighted by Crippen LogP contribution is -2.54. The van der Waals surface area contributed by atoms with Crippen LogP contribution in [0.15, 0.2) is 0 Å². The topological polar surface area (TPSA) is 0 Å². The SMILES string of the molecule is CCCCCCCCCCCCCCCCC(CCCCCCCCCCCC)(CCCCCCCCCCCCCC)C(CCCCCCCCCC)(CCCCCCCCCCC)C(CCCCCCCC)(CCCCCCCCC)CCCCCCCCCCCCCCC.